The standard InChI is InChI=1S/C14H13NO5/c1-2-15(10-4-3-5-11(16)7-10)13(17)12-6-9(8-20-12)14(18)19/h3-8,16H,2H2,1H3,(H,18,19). The zero-order chi connectivity index (χ0) is 14.7. The van der Waals surface area contributed by atoms with E-state index in [-0.39, 0.29) is 17.1 Å². The molecule has 0 atom stereocenters. The Morgan fingerprint density at radius 2 is 2.05 bits per heavy atom. The highest BCUT2D eigenvalue weighted by atomic mass is 16.4. The van der Waals surface area contributed by atoms with Crippen LogP contribution < -0.4 is 4.90 Å². The average molecular weight is 275 g/mol. The Morgan fingerprint density at radius 3 is 2.60 bits per heavy atom. The molecule has 104 valence electrons. The van der Waals surface area contributed by atoms with Crippen LogP contribution >= 0.6 is 0 Å². The summed E-state index contributed by atoms with van der Waals surface area (Å²) in [6, 6.07) is 7.41. The summed E-state index contributed by atoms with van der Waals surface area (Å²) >= 11 is 0. The van der Waals surface area contributed by atoms with Crippen molar-refractivity contribution in [3.05, 3.63) is 47.9 Å². The summed E-state index contributed by atoms with van der Waals surface area (Å²) in [5, 5.41) is 18.3. The zero-order valence-electron chi connectivity index (χ0n) is 10.7. The van der Waals surface area contributed by atoms with E-state index in [1.807, 2.05) is 0 Å². The van der Waals surface area contributed by atoms with Crippen molar-refractivity contribution in [2.24, 2.45) is 0 Å². The van der Waals surface area contributed by atoms with Crippen LogP contribution in [0.4, 0.5) is 5.69 Å². The molecule has 6 nitrogen and oxygen atoms in total. The monoisotopic (exact) mass is 275 g/mol. The van der Waals surface area contributed by atoms with Crippen molar-refractivity contribution in [2.75, 3.05) is 11.4 Å². The summed E-state index contributed by atoms with van der Waals surface area (Å²) in [4.78, 5) is 24.4. The topological polar surface area (TPSA) is 91.0 Å². The lowest BCUT2D eigenvalue weighted by Gasteiger charge is -2.19. The van der Waals surface area contributed by atoms with Gasteiger partial charge in [0.1, 0.15) is 12.0 Å². The van der Waals surface area contributed by atoms with Gasteiger partial charge in [0.2, 0.25) is 0 Å². The first-order valence-corrected chi connectivity index (χ1v) is 5.95. The fraction of sp³-hybridized carbons (Fsp3) is 0.143. The molecule has 2 aromatic rings. The predicted octanol–water partition coefficient (Wildman–Crippen LogP) is 2.35. The number of carbonyl (C=O) groups excluding carboxylic acids is 1. The van der Waals surface area contributed by atoms with Crippen LogP contribution in [-0.2, 0) is 0 Å². The van der Waals surface area contributed by atoms with Gasteiger partial charge >= 0.3 is 5.97 Å². The molecule has 2 rings (SSSR count). The van der Waals surface area contributed by atoms with Gasteiger partial charge in [-0.3, -0.25) is 4.79 Å². The van der Waals surface area contributed by atoms with E-state index in [0.29, 0.717) is 12.2 Å². The van der Waals surface area contributed by atoms with Crippen molar-refractivity contribution in [3.63, 3.8) is 0 Å². The number of nitrogens with zero attached hydrogens (tertiary/aromatic N) is 1. The molecule has 1 aromatic heterocycles. The third-order valence-corrected chi connectivity index (χ3v) is 2.76. The SMILES string of the molecule is CCN(C(=O)c1cc(C(=O)O)co1)c1cccc(O)c1. The number of carbonyl (C=O) groups is 2. The van der Waals surface area contributed by atoms with Gasteiger partial charge < -0.3 is 19.5 Å². The van der Waals surface area contributed by atoms with E-state index in [1.165, 1.54) is 23.1 Å². The lowest BCUT2D eigenvalue weighted by atomic mass is 10.2. The molecule has 2 N–H and O–H groups in total. The largest absolute Gasteiger partial charge is 0.508 e. The number of hydrogen-bond acceptors (Lipinski definition) is 4. The van der Waals surface area contributed by atoms with Gasteiger partial charge in [0.25, 0.3) is 5.91 Å². The molecule has 0 bridgehead atoms. The molecule has 1 aromatic carbocycles. The minimum Gasteiger partial charge on any atom is -0.508 e. The van der Waals surface area contributed by atoms with E-state index in [1.54, 1.807) is 19.1 Å². The Morgan fingerprint density at radius 1 is 1.30 bits per heavy atom. The first-order chi connectivity index (χ1) is 9.52. The van der Waals surface area contributed by atoms with Gasteiger partial charge in [0, 0.05) is 24.4 Å². The molecule has 0 unspecified atom stereocenters. The van der Waals surface area contributed by atoms with Gasteiger partial charge in [-0.15, -0.1) is 0 Å². The number of phenols is 1. The van der Waals surface area contributed by atoms with Crippen LogP contribution in [0.2, 0.25) is 0 Å². The van der Waals surface area contributed by atoms with Gasteiger partial charge in [-0.25, -0.2) is 4.79 Å². The summed E-state index contributed by atoms with van der Waals surface area (Å²) in [5.41, 5.74) is 0.422. The number of carboxylic acid groups (broad SMARTS) is 1. The van der Waals surface area contributed by atoms with Gasteiger partial charge in [-0.2, -0.15) is 0 Å². The first-order valence-electron chi connectivity index (χ1n) is 5.95. The molecule has 6 heteroatoms. The summed E-state index contributed by atoms with van der Waals surface area (Å²) in [7, 11) is 0. The molecule has 0 spiro atoms. The number of aromatic carboxylic acids is 1. The van der Waals surface area contributed by atoms with Crippen LogP contribution in [0.1, 0.15) is 27.8 Å². The Labute approximate surface area is 114 Å². The number of hydrogen-bond donors (Lipinski definition) is 2. The van der Waals surface area contributed by atoms with Crippen LogP contribution in [0, 0.1) is 0 Å². The quantitative estimate of drug-likeness (QED) is 0.893. The van der Waals surface area contributed by atoms with Crippen molar-refractivity contribution in [1.82, 2.24) is 0 Å². The maximum absolute atomic E-state index is 12.3. The molecule has 0 saturated carbocycles. The zero-order valence-corrected chi connectivity index (χ0v) is 10.7. The maximum Gasteiger partial charge on any atom is 0.338 e. The highest BCUT2D eigenvalue weighted by Crippen LogP contribution is 2.22. The Kier molecular flexibility index (Phi) is 3.74. The number of amides is 1. The molecule has 1 amide bonds. The van der Waals surface area contributed by atoms with E-state index >= 15 is 0 Å². The molecule has 0 aliphatic heterocycles. The van der Waals surface area contributed by atoms with Crippen molar-refractivity contribution in [2.45, 2.75) is 6.92 Å². The van der Waals surface area contributed by atoms with Crippen LogP contribution in [0.5, 0.6) is 5.75 Å². The summed E-state index contributed by atoms with van der Waals surface area (Å²) in [5.74, 6) is -1.65. The number of aromatic hydroxyl groups is 1. The molecule has 0 radical (unpaired) electrons. The number of benzene rings is 1. The van der Waals surface area contributed by atoms with E-state index in [0.717, 1.165) is 6.26 Å². The Hall–Kier alpha value is -2.76. The average Bonchev–Trinajstić information content (AvgIpc) is 2.89. The second kappa shape index (κ2) is 5.48. The molecular formula is C14H13NO5. The van der Waals surface area contributed by atoms with Crippen molar-refractivity contribution < 1.29 is 24.2 Å². The minimum atomic E-state index is -1.16. The van der Waals surface area contributed by atoms with Gasteiger partial charge in [0.15, 0.2) is 5.76 Å². The third kappa shape index (κ3) is 2.64. The molecule has 0 aliphatic carbocycles. The number of furan rings is 1. The molecule has 0 saturated heterocycles. The maximum atomic E-state index is 12.3. The van der Waals surface area contributed by atoms with Gasteiger partial charge in [0.05, 0.1) is 5.56 Å². The number of carboxylic acids is 1. The second-order valence-electron chi connectivity index (χ2n) is 4.07. The van der Waals surface area contributed by atoms with Crippen LogP contribution in [0.3, 0.4) is 0 Å². The smallest absolute Gasteiger partial charge is 0.338 e. The Bertz CT molecular complexity index is 647. The number of phenolic OH excluding ortho intramolecular Hbond substituents is 1. The summed E-state index contributed by atoms with van der Waals surface area (Å²) in [6.45, 7) is 2.12. The third-order valence-electron chi connectivity index (χ3n) is 2.76. The van der Waals surface area contributed by atoms with Crippen molar-refractivity contribution >= 4 is 17.6 Å². The lowest BCUT2D eigenvalue weighted by molar-refractivity contribution is 0.0696. The number of anilines is 1. The van der Waals surface area contributed by atoms with Crippen LogP contribution in [-0.4, -0.2) is 28.6 Å². The normalized spacial score (nSPS) is 10.2. The predicted molar refractivity (Wildman–Crippen MR) is 71.1 cm³/mol. The Balaban J connectivity index is 2.31. The highest BCUT2D eigenvalue weighted by Gasteiger charge is 2.21. The molecule has 20 heavy (non-hydrogen) atoms. The summed E-state index contributed by atoms with van der Waals surface area (Å²) < 4.78 is 4.99. The molecule has 0 fully saturated rings. The van der Waals surface area contributed by atoms with E-state index in [4.69, 9.17) is 9.52 Å². The number of rotatable bonds is 4. The van der Waals surface area contributed by atoms with Crippen LogP contribution in [0.25, 0.3) is 0 Å². The lowest BCUT2D eigenvalue weighted by Crippen LogP contribution is -2.30. The molecule has 0 aliphatic rings. The second-order valence-corrected chi connectivity index (χ2v) is 4.07. The van der Waals surface area contributed by atoms with Crippen LogP contribution in [0.15, 0.2) is 41.0 Å². The fourth-order valence-electron chi connectivity index (χ4n) is 1.80. The van der Waals surface area contributed by atoms with Gasteiger partial charge in [-0.05, 0) is 19.1 Å². The first kappa shape index (κ1) is 13.7. The van der Waals surface area contributed by atoms with E-state index in [2.05, 4.69) is 0 Å². The van der Waals surface area contributed by atoms with Gasteiger partial charge in [-0.1, -0.05) is 6.07 Å². The fourth-order valence-corrected chi connectivity index (χ4v) is 1.80. The van der Waals surface area contributed by atoms with Crippen molar-refractivity contribution in [3.8, 4) is 5.75 Å². The highest BCUT2D eigenvalue weighted by molar-refractivity contribution is 6.05. The molecular weight excluding hydrogens is 262 g/mol. The summed E-state index contributed by atoms with van der Waals surface area (Å²) in [6.07, 6.45) is 1.02. The van der Waals surface area contributed by atoms with E-state index in [9.17, 15) is 14.7 Å². The molecule has 1 heterocycles. The van der Waals surface area contributed by atoms with E-state index < -0.39 is 11.9 Å². The minimum absolute atomic E-state index is 0.0411. The van der Waals surface area contributed by atoms with Crippen molar-refractivity contribution in [1.29, 1.82) is 0 Å².